The van der Waals surface area contributed by atoms with Crippen molar-refractivity contribution in [2.75, 3.05) is 7.11 Å². The number of hydrogen-bond acceptors (Lipinski definition) is 4. The van der Waals surface area contributed by atoms with E-state index < -0.39 is 11.7 Å². The second kappa shape index (κ2) is 3.53. The molecule has 0 aliphatic heterocycles. The first-order valence-electron chi connectivity index (χ1n) is 3.47. The lowest BCUT2D eigenvalue weighted by atomic mass is 10.2. The molecular formula is C7H8N2O3S. The quantitative estimate of drug-likeness (QED) is 0.512. The van der Waals surface area contributed by atoms with E-state index in [1.807, 2.05) is 0 Å². The monoisotopic (exact) mass is 200 g/mol. The molecule has 0 aliphatic carbocycles. The lowest BCUT2D eigenvalue weighted by Gasteiger charge is -2.01. The summed E-state index contributed by atoms with van der Waals surface area (Å²) in [5, 5.41) is 0. The summed E-state index contributed by atoms with van der Waals surface area (Å²) >= 11 is 4.79. The third-order valence-electron chi connectivity index (χ3n) is 1.52. The predicted molar refractivity (Wildman–Crippen MR) is 48.3 cm³/mol. The van der Waals surface area contributed by atoms with Crippen LogP contribution in [0.2, 0.25) is 0 Å². The van der Waals surface area contributed by atoms with Gasteiger partial charge in [-0.1, -0.05) is 12.2 Å². The molecule has 0 aromatic carbocycles. The van der Waals surface area contributed by atoms with Crippen LogP contribution in [0.3, 0.4) is 0 Å². The van der Waals surface area contributed by atoms with E-state index in [-0.39, 0.29) is 10.2 Å². The van der Waals surface area contributed by atoms with E-state index in [1.165, 1.54) is 7.11 Å². The van der Waals surface area contributed by atoms with Crippen LogP contribution in [0.15, 0.2) is 4.79 Å². The van der Waals surface area contributed by atoms with Gasteiger partial charge in [0.05, 0.1) is 7.11 Å². The Bertz CT molecular complexity index is 446. The van der Waals surface area contributed by atoms with Gasteiger partial charge >= 0.3 is 11.7 Å². The van der Waals surface area contributed by atoms with Gasteiger partial charge in [-0.15, -0.1) is 0 Å². The maximum Gasteiger partial charge on any atom is 0.342 e. The van der Waals surface area contributed by atoms with Gasteiger partial charge in [0.1, 0.15) is 10.2 Å². The first-order valence-corrected chi connectivity index (χ1v) is 3.88. The minimum absolute atomic E-state index is 0.0908. The number of aryl methyl sites for hydroxylation is 1. The van der Waals surface area contributed by atoms with E-state index in [2.05, 4.69) is 14.7 Å². The lowest BCUT2D eigenvalue weighted by Crippen LogP contribution is -2.17. The van der Waals surface area contributed by atoms with E-state index in [9.17, 15) is 9.59 Å². The summed E-state index contributed by atoms with van der Waals surface area (Å²) < 4.78 is 4.58. The third kappa shape index (κ3) is 1.83. The summed E-state index contributed by atoms with van der Waals surface area (Å²) in [6.07, 6.45) is 0. The van der Waals surface area contributed by atoms with Gasteiger partial charge in [0, 0.05) is 5.69 Å². The Hall–Kier alpha value is -1.43. The van der Waals surface area contributed by atoms with Gasteiger partial charge in [-0.25, -0.2) is 9.59 Å². The highest BCUT2D eigenvalue weighted by molar-refractivity contribution is 7.71. The Morgan fingerprint density at radius 3 is 2.54 bits per heavy atom. The third-order valence-corrected chi connectivity index (χ3v) is 1.83. The molecule has 1 aromatic rings. The van der Waals surface area contributed by atoms with Crippen molar-refractivity contribution in [2.24, 2.45) is 0 Å². The molecule has 0 fully saturated rings. The van der Waals surface area contributed by atoms with Crippen LogP contribution in [0, 0.1) is 11.6 Å². The van der Waals surface area contributed by atoms with Gasteiger partial charge in [-0.05, 0) is 6.92 Å². The number of aromatic nitrogens is 2. The fourth-order valence-electron chi connectivity index (χ4n) is 0.948. The fourth-order valence-corrected chi connectivity index (χ4v) is 1.28. The Balaban J connectivity index is 3.46. The van der Waals surface area contributed by atoms with Crippen LogP contribution in [0.1, 0.15) is 16.1 Å². The van der Waals surface area contributed by atoms with E-state index in [4.69, 9.17) is 12.2 Å². The number of H-pyrrole nitrogens is 2. The number of nitrogens with one attached hydrogen (secondary N) is 2. The zero-order valence-corrected chi connectivity index (χ0v) is 7.95. The van der Waals surface area contributed by atoms with E-state index in [0.717, 1.165) is 0 Å². The second-order valence-electron chi connectivity index (χ2n) is 2.40. The molecule has 1 heterocycles. The maximum atomic E-state index is 11.1. The minimum Gasteiger partial charge on any atom is -0.465 e. The highest BCUT2D eigenvalue weighted by atomic mass is 32.1. The average molecular weight is 200 g/mol. The maximum absolute atomic E-state index is 11.1. The summed E-state index contributed by atoms with van der Waals surface area (Å²) in [6, 6.07) is 0. The molecule has 0 amide bonds. The number of aromatic amines is 2. The molecule has 70 valence electrons. The van der Waals surface area contributed by atoms with Crippen LogP contribution >= 0.6 is 12.2 Å². The number of carbonyl (C=O) groups is 1. The SMILES string of the molecule is COC(=O)c1c(C)[nH]c(=O)[nH]c1=S. The molecule has 0 spiro atoms. The van der Waals surface area contributed by atoms with Crippen LogP contribution in [-0.4, -0.2) is 23.0 Å². The van der Waals surface area contributed by atoms with Crippen molar-refractivity contribution in [1.29, 1.82) is 0 Å². The molecule has 1 rings (SSSR count). The summed E-state index contributed by atoms with van der Waals surface area (Å²) in [5.74, 6) is -0.560. The van der Waals surface area contributed by atoms with E-state index >= 15 is 0 Å². The summed E-state index contributed by atoms with van der Waals surface area (Å²) in [4.78, 5) is 26.7. The molecule has 0 radical (unpaired) electrons. The Morgan fingerprint density at radius 2 is 2.08 bits per heavy atom. The molecule has 1 aromatic heterocycles. The highest BCUT2D eigenvalue weighted by Gasteiger charge is 2.12. The molecule has 0 atom stereocenters. The number of methoxy groups -OCH3 is 1. The van der Waals surface area contributed by atoms with Gasteiger partial charge in [-0.2, -0.15) is 0 Å². The fraction of sp³-hybridized carbons (Fsp3) is 0.286. The second-order valence-corrected chi connectivity index (χ2v) is 2.81. The van der Waals surface area contributed by atoms with Crippen molar-refractivity contribution in [3.63, 3.8) is 0 Å². The first kappa shape index (κ1) is 9.66. The first-order chi connectivity index (χ1) is 6.06. The number of rotatable bonds is 1. The molecule has 0 bridgehead atoms. The summed E-state index contributed by atoms with van der Waals surface area (Å²) in [5.41, 5.74) is 0.160. The topological polar surface area (TPSA) is 75.0 Å². The van der Waals surface area contributed by atoms with Crippen LogP contribution < -0.4 is 5.69 Å². The van der Waals surface area contributed by atoms with Crippen molar-refractivity contribution in [1.82, 2.24) is 9.97 Å². The van der Waals surface area contributed by atoms with Crippen molar-refractivity contribution in [2.45, 2.75) is 6.92 Å². The van der Waals surface area contributed by atoms with Crippen molar-refractivity contribution in [3.8, 4) is 0 Å². The van der Waals surface area contributed by atoms with Gasteiger partial charge in [-0.3, -0.25) is 4.98 Å². The molecule has 0 saturated heterocycles. The van der Waals surface area contributed by atoms with Crippen molar-refractivity contribution in [3.05, 3.63) is 26.4 Å². The molecule has 6 heteroatoms. The zero-order chi connectivity index (χ0) is 10.0. The Morgan fingerprint density at radius 1 is 1.46 bits per heavy atom. The zero-order valence-electron chi connectivity index (χ0n) is 7.13. The van der Waals surface area contributed by atoms with E-state index in [0.29, 0.717) is 5.69 Å². The molecule has 0 aliphatic rings. The van der Waals surface area contributed by atoms with Crippen LogP contribution in [-0.2, 0) is 4.74 Å². The number of esters is 1. The summed E-state index contributed by atoms with van der Waals surface area (Å²) in [6.45, 7) is 1.58. The Kier molecular flexibility index (Phi) is 2.62. The standard InChI is InChI=1S/C7H8N2O3S/c1-3-4(6(10)12-2)5(13)9-7(11)8-3/h1-2H3,(H2,8,9,11,13). The molecule has 5 nitrogen and oxygen atoms in total. The van der Waals surface area contributed by atoms with Crippen LogP contribution in [0.4, 0.5) is 0 Å². The molecule has 0 unspecified atom stereocenters. The average Bonchev–Trinajstić information content (AvgIpc) is 2.02. The predicted octanol–water partition coefficient (Wildman–Crippen LogP) is 0.528. The smallest absolute Gasteiger partial charge is 0.342 e. The number of ether oxygens (including phenoxy) is 1. The number of hydrogen-bond donors (Lipinski definition) is 2. The van der Waals surface area contributed by atoms with Gasteiger partial charge in [0.25, 0.3) is 0 Å². The van der Waals surface area contributed by atoms with Crippen molar-refractivity contribution < 1.29 is 9.53 Å². The molecule has 13 heavy (non-hydrogen) atoms. The lowest BCUT2D eigenvalue weighted by molar-refractivity contribution is 0.0598. The van der Waals surface area contributed by atoms with Gasteiger partial charge in [0.15, 0.2) is 0 Å². The van der Waals surface area contributed by atoms with Gasteiger partial charge in [0.2, 0.25) is 0 Å². The molecule has 0 saturated carbocycles. The largest absolute Gasteiger partial charge is 0.465 e. The van der Waals surface area contributed by atoms with Crippen LogP contribution in [0.25, 0.3) is 0 Å². The normalized spacial score (nSPS) is 9.69. The van der Waals surface area contributed by atoms with Gasteiger partial charge < -0.3 is 9.72 Å². The van der Waals surface area contributed by atoms with E-state index in [1.54, 1.807) is 6.92 Å². The molecule has 2 N–H and O–H groups in total. The van der Waals surface area contributed by atoms with Crippen LogP contribution in [0.5, 0.6) is 0 Å². The van der Waals surface area contributed by atoms with Crippen molar-refractivity contribution >= 4 is 18.2 Å². The number of carbonyl (C=O) groups excluding carboxylic acids is 1. The Labute approximate surface area is 78.8 Å². The highest BCUT2D eigenvalue weighted by Crippen LogP contribution is 2.04. The summed E-state index contributed by atoms with van der Waals surface area (Å²) in [7, 11) is 1.25. The molecular weight excluding hydrogens is 192 g/mol. The minimum atomic E-state index is -0.560.